The van der Waals surface area contributed by atoms with E-state index in [2.05, 4.69) is 11.1 Å². The van der Waals surface area contributed by atoms with Crippen LogP contribution in [0.5, 0.6) is 0 Å². The second-order valence-electron chi connectivity index (χ2n) is 5.36. The number of furan rings is 1. The van der Waals surface area contributed by atoms with Gasteiger partial charge < -0.3 is 9.15 Å². The zero-order valence-corrected chi connectivity index (χ0v) is 11.3. The summed E-state index contributed by atoms with van der Waals surface area (Å²) < 4.78 is 11.7. The van der Waals surface area contributed by atoms with Gasteiger partial charge in [0.1, 0.15) is 13.4 Å². The summed E-state index contributed by atoms with van der Waals surface area (Å²) in [5.74, 6) is 0. The molecule has 20 heavy (non-hydrogen) atoms. The van der Waals surface area contributed by atoms with E-state index in [0.717, 1.165) is 41.5 Å². The van der Waals surface area contributed by atoms with Gasteiger partial charge >= 0.3 is 0 Å². The van der Waals surface area contributed by atoms with E-state index in [-0.39, 0.29) is 6.10 Å². The summed E-state index contributed by atoms with van der Waals surface area (Å²) in [4.78, 5) is 4.51. The molecule has 1 aliphatic rings. The van der Waals surface area contributed by atoms with Crippen LogP contribution in [0.1, 0.15) is 30.2 Å². The highest BCUT2D eigenvalue weighted by Crippen LogP contribution is 2.37. The van der Waals surface area contributed by atoms with Gasteiger partial charge in [-0.3, -0.25) is 0 Å². The first kappa shape index (κ1) is 12.0. The van der Waals surface area contributed by atoms with Crippen LogP contribution < -0.4 is 5.46 Å². The van der Waals surface area contributed by atoms with Gasteiger partial charge in [0.25, 0.3) is 0 Å². The molecular weight excluding hydrogens is 249 g/mol. The fraction of sp³-hybridized carbons (Fsp3) is 0.312. The van der Waals surface area contributed by atoms with Gasteiger partial charge in [-0.05, 0) is 31.4 Å². The summed E-state index contributed by atoms with van der Waals surface area (Å²) >= 11 is 0. The fourth-order valence-corrected chi connectivity index (χ4v) is 3.05. The molecule has 1 atom stereocenters. The average Bonchev–Trinajstić information content (AvgIpc) is 3.05. The normalized spacial score (nSPS) is 19.1. The molecule has 0 bridgehead atoms. The smallest absolute Gasteiger partial charge is 0.227 e. The molecule has 1 unspecified atom stereocenters. The average molecular weight is 263 g/mol. The Kier molecular flexibility index (Phi) is 2.61. The van der Waals surface area contributed by atoms with Crippen LogP contribution in [0, 0.1) is 6.92 Å². The Morgan fingerprint density at radius 1 is 1.35 bits per heavy atom. The molecule has 1 fully saturated rings. The summed E-state index contributed by atoms with van der Waals surface area (Å²) in [5.41, 5.74) is 4.15. The topological polar surface area (TPSA) is 35.3 Å². The van der Waals surface area contributed by atoms with Gasteiger partial charge in [-0.1, -0.05) is 23.7 Å². The third-order valence-corrected chi connectivity index (χ3v) is 3.93. The zero-order valence-electron chi connectivity index (χ0n) is 11.3. The van der Waals surface area contributed by atoms with Crippen LogP contribution in [-0.2, 0) is 4.74 Å². The molecule has 2 radical (unpaired) electrons. The molecule has 1 aliphatic heterocycles. The minimum Gasteiger partial charge on any atom is -0.438 e. The summed E-state index contributed by atoms with van der Waals surface area (Å²) in [6, 6.07) is 7.94. The number of ether oxygens (including phenoxy) is 1. The first-order valence-corrected chi connectivity index (χ1v) is 6.94. The van der Waals surface area contributed by atoms with E-state index in [1.54, 1.807) is 0 Å². The highest BCUT2D eigenvalue weighted by molar-refractivity contribution is 6.39. The van der Waals surface area contributed by atoms with Gasteiger partial charge in [-0.25, -0.2) is 4.98 Å². The largest absolute Gasteiger partial charge is 0.438 e. The number of pyridine rings is 1. The molecule has 0 spiro atoms. The van der Waals surface area contributed by atoms with Gasteiger partial charge in [0.2, 0.25) is 5.71 Å². The molecule has 0 saturated carbocycles. The lowest BCUT2D eigenvalue weighted by Gasteiger charge is -2.11. The molecular formula is C16H14BNO2. The van der Waals surface area contributed by atoms with Crippen LogP contribution in [0.25, 0.3) is 22.1 Å². The number of benzene rings is 1. The van der Waals surface area contributed by atoms with Gasteiger partial charge in [0.15, 0.2) is 0 Å². The number of nitrogens with zero attached hydrogens (tertiary/aromatic N) is 1. The van der Waals surface area contributed by atoms with E-state index < -0.39 is 0 Å². The van der Waals surface area contributed by atoms with Crippen molar-refractivity contribution in [2.24, 2.45) is 0 Å². The Morgan fingerprint density at radius 2 is 2.25 bits per heavy atom. The number of hydrogen-bond donors (Lipinski definition) is 0. The molecule has 98 valence electrons. The van der Waals surface area contributed by atoms with Crippen LogP contribution in [-0.4, -0.2) is 19.4 Å². The molecule has 3 nitrogen and oxygen atoms in total. The first-order valence-electron chi connectivity index (χ1n) is 6.94. The first-order chi connectivity index (χ1) is 9.74. The highest BCUT2D eigenvalue weighted by Gasteiger charge is 2.23. The third-order valence-electron chi connectivity index (χ3n) is 3.93. The van der Waals surface area contributed by atoms with E-state index in [4.69, 9.17) is 17.0 Å². The number of rotatable bonds is 1. The summed E-state index contributed by atoms with van der Waals surface area (Å²) in [6.45, 7) is 2.81. The van der Waals surface area contributed by atoms with Crippen molar-refractivity contribution in [2.75, 3.05) is 6.61 Å². The van der Waals surface area contributed by atoms with Crippen LogP contribution in [0.3, 0.4) is 0 Å². The van der Waals surface area contributed by atoms with E-state index in [0.29, 0.717) is 11.2 Å². The molecule has 1 saturated heterocycles. The van der Waals surface area contributed by atoms with E-state index in [1.165, 1.54) is 5.56 Å². The fourth-order valence-electron chi connectivity index (χ4n) is 3.05. The zero-order chi connectivity index (χ0) is 13.7. The summed E-state index contributed by atoms with van der Waals surface area (Å²) in [6.07, 6.45) is 2.29. The highest BCUT2D eigenvalue weighted by atomic mass is 16.5. The lowest BCUT2D eigenvalue weighted by atomic mass is 9.93. The van der Waals surface area contributed by atoms with Crippen molar-refractivity contribution in [3.05, 3.63) is 35.5 Å². The standard InChI is InChI=1S/C16H14BNO2/c1-9-8-11(13-6-3-7-19-13)14-10-4-2-5-12(17)15(10)20-16(14)18-9/h2,4-5,8,13H,3,6-7H2,1H3. The Hall–Kier alpha value is -1.81. The van der Waals surface area contributed by atoms with Crippen LogP contribution in [0.2, 0.25) is 0 Å². The van der Waals surface area contributed by atoms with Crippen molar-refractivity contribution in [1.82, 2.24) is 4.98 Å². The Balaban J connectivity index is 2.11. The lowest BCUT2D eigenvalue weighted by Crippen LogP contribution is -2.01. The molecule has 4 rings (SSSR count). The van der Waals surface area contributed by atoms with Crippen molar-refractivity contribution < 1.29 is 9.15 Å². The third kappa shape index (κ3) is 1.68. The second kappa shape index (κ2) is 4.35. The molecule has 0 amide bonds. The SMILES string of the molecule is [B]c1cccc2c1oc1nc(C)cc(C3CCCO3)c12. The van der Waals surface area contributed by atoms with Crippen LogP contribution in [0.15, 0.2) is 28.7 Å². The van der Waals surface area contributed by atoms with Crippen molar-refractivity contribution in [1.29, 1.82) is 0 Å². The van der Waals surface area contributed by atoms with Gasteiger partial charge in [-0.2, -0.15) is 0 Å². The lowest BCUT2D eigenvalue weighted by molar-refractivity contribution is 0.113. The van der Waals surface area contributed by atoms with Gasteiger partial charge in [0.05, 0.1) is 11.5 Å². The second-order valence-corrected chi connectivity index (χ2v) is 5.36. The minimum atomic E-state index is 0.140. The predicted octanol–water partition coefficient (Wildman–Crippen LogP) is 2.93. The number of fused-ring (bicyclic) bond motifs is 3. The quantitative estimate of drug-likeness (QED) is 0.633. The number of hydrogen-bond acceptors (Lipinski definition) is 3. The monoisotopic (exact) mass is 263 g/mol. The Labute approximate surface area is 118 Å². The maximum Gasteiger partial charge on any atom is 0.227 e. The Morgan fingerprint density at radius 3 is 3.05 bits per heavy atom. The molecule has 0 N–H and O–H groups in total. The molecule has 0 aliphatic carbocycles. The van der Waals surface area contributed by atoms with E-state index in [9.17, 15) is 0 Å². The van der Waals surface area contributed by atoms with Crippen molar-refractivity contribution >= 4 is 35.4 Å². The van der Waals surface area contributed by atoms with E-state index in [1.807, 2.05) is 25.1 Å². The van der Waals surface area contributed by atoms with Crippen molar-refractivity contribution in [2.45, 2.75) is 25.9 Å². The van der Waals surface area contributed by atoms with Gasteiger partial charge in [0, 0.05) is 17.7 Å². The van der Waals surface area contributed by atoms with E-state index >= 15 is 0 Å². The maximum atomic E-state index is 6.01. The molecule has 1 aromatic carbocycles. The van der Waals surface area contributed by atoms with Gasteiger partial charge in [-0.15, -0.1) is 0 Å². The van der Waals surface area contributed by atoms with Crippen molar-refractivity contribution in [3.63, 3.8) is 0 Å². The van der Waals surface area contributed by atoms with Crippen LogP contribution in [0.4, 0.5) is 0 Å². The molecule has 3 heterocycles. The molecule has 3 aromatic rings. The van der Waals surface area contributed by atoms with Crippen LogP contribution >= 0.6 is 0 Å². The number of aryl methyl sites for hydroxylation is 1. The maximum absolute atomic E-state index is 6.01. The molecule has 2 aromatic heterocycles. The summed E-state index contributed by atoms with van der Waals surface area (Å²) in [7, 11) is 6.01. The Bertz CT molecular complexity index is 803. The number of aromatic nitrogens is 1. The molecule has 4 heteroatoms. The predicted molar refractivity (Wildman–Crippen MR) is 79.6 cm³/mol. The minimum absolute atomic E-state index is 0.140. The van der Waals surface area contributed by atoms with Crippen molar-refractivity contribution in [3.8, 4) is 0 Å². The number of para-hydroxylation sites is 1. The summed E-state index contributed by atoms with van der Waals surface area (Å²) in [5, 5.41) is 2.07.